The lowest BCUT2D eigenvalue weighted by molar-refractivity contribution is 0.282. The van der Waals surface area contributed by atoms with Crippen molar-refractivity contribution in [3.8, 4) is 0 Å². The molecular weight excluding hydrogens is 322 g/mol. The maximum Gasteiger partial charge on any atom is 0.251 e. The summed E-state index contributed by atoms with van der Waals surface area (Å²) in [5, 5.41) is 4.11. The molecule has 2 heterocycles. The quantitative estimate of drug-likeness (QED) is 0.898. The van der Waals surface area contributed by atoms with Crippen LogP contribution in [0, 0.1) is 0 Å². The Hall–Kier alpha value is -1.65. The van der Waals surface area contributed by atoms with Crippen LogP contribution < -0.4 is 10.9 Å². The van der Waals surface area contributed by atoms with Crippen LogP contribution in [0.3, 0.4) is 0 Å². The molecule has 5 heteroatoms. The van der Waals surface area contributed by atoms with Crippen LogP contribution in [-0.2, 0) is 5.41 Å². The Bertz CT molecular complexity index is 774. The van der Waals surface area contributed by atoms with E-state index < -0.39 is 0 Å². The molecule has 0 radical (unpaired) electrons. The highest BCUT2D eigenvalue weighted by molar-refractivity contribution is 6.30. The van der Waals surface area contributed by atoms with Crippen LogP contribution >= 0.6 is 11.6 Å². The summed E-state index contributed by atoms with van der Waals surface area (Å²) in [5.41, 5.74) is 1.96. The maximum atomic E-state index is 12.3. The van der Waals surface area contributed by atoms with E-state index in [1.165, 1.54) is 5.56 Å². The zero-order chi connectivity index (χ0) is 16.6. The normalized spacial score (nSPS) is 20.5. The highest BCUT2D eigenvalue weighted by Gasteiger charge is 2.43. The minimum absolute atomic E-state index is 0.0335. The monoisotopic (exact) mass is 343 g/mol. The van der Waals surface area contributed by atoms with Gasteiger partial charge in [-0.3, -0.25) is 4.79 Å². The minimum Gasteiger partial charge on any atom is -0.317 e. The fraction of sp³-hybridized carbons (Fsp3) is 0.474. The van der Waals surface area contributed by atoms with E-state index in [0.717, 1.165) is 61.7 Å². The van der Waals surface area contributed by atoms with Gasteiger partial charge < -0.3 is 10.3 Å². The summed E-state index contributed by atoms with van der Waals surface area (Å²) < 4.78 is 0. The average Bonchev–Trinajstić information content (AvgIpc) is 2.56. The molecule has 1 saturated heterocycles. The van der Waals surface area contributed by atoms with Gasteiger partial charge in [-0.2, -0.15) is 0 Å². The van der Waals surface area contributed by atoms with Crippen molar-refractivity contribution in [1.82, 2.24) is 15.3 Å². The second kappa shape index (κ2) is 6.34. The first kappa shape index (κ1) is 15.9. The molecule has 1 aliphatic carbocycles. The number of aromatic amines is 1. The fourth-order valence-electron chi connectivity index (χ4n) is 3.99. The molecular formula is C19H22ClN3O. The van der Waals surface area contributed by atoms with Crippen LogP contribution in [0.2, 0.25) is 5.02 Å². The average molecular weight is 344 g/mol. The first-order valence-electron chi connectivity index (χ1n) is 8.76. The maximum absolute atomic E-state index is 12.3. The van der Waals surface area contributed by atoms with Gasteiger partial charge >= 0.3 is 0 Å². The van der Waals surface area contributed by atoms with Crippen LogP contribution in [0.4, 0.5) is 0 Å². The molecule has 2 N–H and O–H groups in total. The van der Waals surface area contributed by atoms with Crippen molar-refractivity contribution in [2.24, 2.45) is 0 Å². The molecule has 0 atom stereocenters. The van der Waals surface area contributed by atoms with Gasteiger partial charge in [-0.1, -0.05) is 30.2 Å². The predicted molar refractivity (Wildman–Crippen MR) is 95.8 cm³/mol. The van der Waals surface area contributed by atoms with E-state index in [1.54, 1.807) is 6.07 Å². The Morgan fingerprint density at radius 1 is 1.12 bits per heavy atom. The van der Waals surface area contributed by atoms with E-state index in [9.17, 15) is 4.79 Å². The number of hydrogen-bond acceptors (Lipinski definition) is 3. The lowest BCUT2D eigenvalue weighted by atomic mass is 9.64. The second-order valence-corrected chi connectivity index (χ2v) is 7.42. The highest BCUT2D eigenvalue weighted by atomic mass is 35.5. The largest absolute Gasteiger partial charge is 0.317 e. The number of rotatable bonds is 3. The molecule has 4 nitrogen and oxygen atoms in total. The third kappa shape index (κ3) is 2.78. The molecule has 1 aromatic carbocycles. The molecule has 0 bridgehead atoms. The summed E-state index contributed by atoms with van der Waals surface area (Å²) in [6.07, 6.45) is 5.29. The molecule has 0 unspecified atom stereocenters. The predicted octanol–water partition coefficient (Wildman–Crippen LogP) is 3.36. The van der Waals surface area contributed by atoms with Crippen LogP contribution in [0.5, 0.6) is 0 Å². The third-order valence-electron chi connectivity index (χ3n) is 5.58. The number of piperidine rings is 1. The molecule has 1 aromatic heterocycles. The van der Waals surface area contributed by atoms with Gasteiger partial charge in [0.1, 0.15) is 5.82 Å². The standard InChI is InChI=1S/C19H22ClN3O/c20-15-4-2-14(3-5-15)19(8-1-9-19)18-22-16(12-17(24)23-18)13-6-10-21-11-7-13/h2-5,12-13,21H,1,6-11H2,(H,22,23,24). The van der Waals surface area contributed by atoms with Gasteiger partial charge in [-0.15, -0.1) is 0 Å². The van der Waals surface area contributed by atoms with Crippen molar-refractivity contribution in [2.45, 2.75) is 43.4 Å². The molecule has 126 valence electrons. The van der Waals surface area contributed by atoms with Gasteiger partial charge in [0, 0.05) is 17.0 Å². The minimum atomic E-state index is -0.160. The summed E-state index contributed by atoms with van der Waals surface area (Å²) >= 11 is 6.04. The van der Waals surface area contributed by atoms with Gasteiger partial charge in [-0.05, 0) is 56.5 Å². The van der Waals surface area contributed by atoms with Crippen molar-refractivity contribution >= 4 is 11.6 Å². The molecule has 2 aromatic rings. The topological polar surface area (TPSA) is 57.8 Å². The SMILES string of the molecule is O=c1cc(C2CCNCC2)nc(C2(c3ccc(Cl)cc3)CCC2)[nH]1. The number of benzene rings is 1. The number of nitrogens with one attached hydrogen (secondary N) is 2. The van der Waals surface area contributed by atoms with Crippen LogP contribution in [0.1, 0.15) is 55.1 Å². The first-order chi connectivity index (χ1) is 11.7. The molecule has 0 spiro atoms. The lowest BCUT2D eigenvalue weighted by Gasteiger charge is -2.41. The van der Waals surface area contributed by atoms with Crippen molar-refractivity contribution < 1.29 is 0 Å². The highest BCUT2D eigenvalue weighted by Crippen LogP contribution is 2.47. The van der Waals surface area contributed by atoms with E-state index in [-0.39, 0.29) is 11.0 Å². The smallest absolute Gasteiger partial charge is 0.251 e. The van der Waals surface area contributed by atoms with Crippen LogP contribution in [0.25, 0.3) is 0 Å². The Morgan fingerprint density at radius 3 is 2.46 bits per heavy atom. The van der Waals surface area contributed by atoms with E-state index in [2.05, 4.69) is 22.4 Å². The first-order valence-corrected chi connectivity index (χ1v) is 9.14. The number of H-pyrrole nitrogens is 1. The van der Waals surface area contributed by atoms with Crippen molar-refractivity contribution in [3.63, 3.8) is 0 Å². The number of halogens is 1. The molecule has 4 rings (SSSR count). The lowest BCUT2D eigenvalue weighted by Crippen LogP contribution is -2.39. The van der Waals surface area contributed by atoms with Gasteiger partial charge in [-0.25, -0.2) is 4.98 Å². The molecule has 24 heavy (non-hydrogen) atoms. The molecule has 2 fully saturated rings. The van der Waals surface area contributed by atoms with E-state index in [0.29, 0.717) is 5.92 Å². The zero-order valence-electron chi connectivity index (χ0n) is 13.6. The summed E-state index contributed by atoms with van der Waals surface area (Å²) in [7, 11) is 0. The fourth-order valence-corrected chi connectivity index (χ4v) is 4.12. The molecule has 2 aliphatic rings. The van der Waals surface area contributed by atoms with Gasteiger partial charge in [0.25, 0.3) is 5.56 Å². The van der Waals surface area contributed by atoms with Crippen LogP contribution in [-0.4, -0.2) is 23.1 Å². The van der Waals surface area contributed by atoms with Gasteiger partial charge in [0.15, 0.2) is 0 Å². The molecule has 1 aliphatic heterocycles. The van der Waals surface area contributed by atoms with Gasteiger partial charge in [0.05, 0.1) is 11.1 Å². The number of aromatic nitrogens is 2. The summed E-state index contributed by atoms with van der Waals surface area (Å²) in [6, 6.07) is 9.67. The third-order valence-corrected chi connectivity index (χ3v) is 5.83. The zero-order valence-corrected chi connectivity index (χ0v) is 14.4. The second-order valence-electron chi connectivity index (χ2n) is 6.99. The summed E-state index contributed by atoms with van der Waals surface area (Å²) in [4.78, 5) is 20.3. The van der Waals surface area contributed by atoms with E-state index in [1.807, 2.05) is 12.1 Å². The number of nitrogens with zero attached hydrogens (tertiary/aromatic N) is 1. The van der Waals surface area contributed by atoms with Crippen LogP contribution in [0.15, 0.2) is 35.1 Å². The Labute approximate surface area is 146 Å². The Balaban J connectivity index is 1.75. The van der Waals surface area contributed by atoms with Crippen molar-refractivity contribution in [3.05, 3.63) is 62.8 Å². The van der Waals surface area contributed by atoms with Crippen molar-refractivity contribution in [2.75, 3.05) is 13.1 Å². The summed E-state index contributed by atoms with van der Waals surface area (Å²) in [5.74, 6) is 1.21. The molecule has 0 amide bonds. The summed E-state index contributed by atoms with van der Waals surface area (Å²) in [6.45, 7) is 1.99. The van der Waals surface area contributed by atoms with Gasteiger partial charge in [0.2, 0.25) is 0 Å². The van der Waals surface area contributed by atoms with E-state index in [4.69, 9.17) is 16.6 Å². The number of hydrogen-bond donors (Lipinski definition) is 2. The van der Waals surface area contributed by atoms with E-state index >= 15 is 0 Å². The van der Waals surface area contributed by atoms with Crippen molar-refractivity contribution in [1.29, 1.82) is 0 Å². The Morgan fingerprint density at radius 2 is 1.83 bits per heavy atom. The Kier molecular flexibility index (Phi) is 4.19. The molecule has 1 saturated carbocycles.